The average molecular weight is 456 g/mol. The molecule has 2 saturated carbocycles. The third-order valence-corrected chi connectivity index (χ3v) is 8.06. The summed E-state index contributed by atoms with van der Waals surface area (Å²) < 4.78 is 11.2. The molecule has 2 rings (SSSR count). The van der Waals surface area contributed by atoms with Crippen LogP contribution >= 0.6 is 8.86 Å². The zero-order valence-electron chi connectivity index (χ0n) is 19.5. The lowest BCUT2D eigenvalue weighted by molar-refractivity contribution is -0.137. The van der Waals surface area contributed by atoms with Crippen LogP contribution in [0.25, 0.3) is 0 Å². The minimum atomic E-state index is -0.850. The highest BCUT2D eigenvalue weighted by molar-refractivity contribution is 7.21. The van der Waals surface area contributed by atoms with Gasteiger partial charge in [-0.1, -0.05) is 26.2 Å². The Kier molecular flexibility index (Phi) is 11.5. The number of hydrogen-bond acceptors (Lipinski definition) is 4. The zero-order chi connectivity index (χ0) is 22.8. The molecule has 0 radical (unpaired) electrons. The van der Waals surface area contributed by atoms with E-state index in [2.05, 4.69) is 21.1 Å². The Morgan fingerprint density at radius 2 is 1.71 bits per heavy atom. The van der Waals surface area contributed by atoms with Gasteiger partial charge in [0, 0.05) is 33.1 Å². The average Bonchev–Trinajstić information content (AvgIpc) is 2.77. The van der Waals surface area contributed by atoms with Crippen LogP contribution in [0, 0.1) is 17.8 Å². The molecule has 31 heavy (non-hydrogen) atoms. The van der Waals surface area contributed by atoms with Crippen molar-refractivity contribution in [2.75, 3.05) is 14.2 Å². The molecule has 178 valence electrons. The highest BCUT2D eigenvalue weighted by Crippen LogP contribution is 2.36. The van der Waals surface area contributed by atoms with Crippen LogP contribution < -0.4 is 5.32 Å². The first-order chi connectivity index (χ1) is 14.9. The third-order valence-electron chi connectivity index (χ3n) is 7.45. The maximum absolute atomic E-state index is 12.6. The lowest BCUT2D eigenvalue weighted by Gasteiger charge is -2.38. The molecule has 1 amide bonds. The molecular formula is C24H42NO5P. The van der Waals surface area contributed by atoms with Crippen molar-refractivity contribution in [1.82, 2.24) is 5.32 Å². The maximum atomic E-state index is 12.6. The SMILES string of the molecule is CCC1CCC(C(CC(=P)C2CCC(OC)C(OC)C2)NC(=O)CCCC(=O)O)CC1. The summed E-state index contributed by atoms with van der Waals surface area (Å²) in [6.45, 7) is 2.26. The highest BCUT2D eigenvalue weighted by Gasteiger charge is 2.34. The largest absolute Gasteiger partial charge is 0.481 e. The van der Waals surface area contributed by atoms with Crippen molar-refractivity contribution in [3.05, 3.63) is 0 Å². The lowest BCUT2D eigenvalue weighted by atomic mass is 9.75. The third kappa shape index (κ3) is 8.47. The number of carboxylic acid groups (broad SMARTS) is 1. The number of carbonyl (C=O) groups is 2. The number of aliphatic carboxylic acids is 1. The van der Waals surface area contributed by atoms with E-state index in [4.69, 9.17) is 14.6 Å². The highest BCUT2D eigenvalue weighted by atomic mass is 31.0. The van der Waals surface area contributed by atoms with Crippen LogP contribution in [0.1, 0.15) is 84.0 Å². The van der Waals surface area contributed by atoms with E-state index < -0.39 is 5.97 Å². The first kappa shape index (κ1) is 26.3. The monoisotopic (exact) mass is 455 g/mol. The van der Waals surface area contributed by atoms with Gasteiger partial charge in [-0.05, 0) is 68.0 Å². The minimum absolute atomic E-state index is 0.0267. The molecule has 0 saturated heterocycles. The molecule has 2 fully saturated rings. The second kappa shape index (κ2) is 13.5. The summed E-state index contributed by atoms with van der Waals surface area (Å²) >= 11 is 0. The normalized spacial score (nSPS) is 29.8. The smallest absolute Gasteiger partial charge is 0.303 e. The van der Waals surface area contributed by atoms with Crippen LogP contribution in [-0.4, -0.2) is 54.7 Å². The molecular weight excluding hydrogens is 413 g/mol. The molecule has 4 atom stereocenters. The second-order valence-corrected chi connectivity index (χ2v) is 10.0. The molecule has 0 spiro atoms. The lowest BCUT2D eigenvalue weighted by Crippen LogP contribution is -2.45. The Hall–Kier alpha value is -0.970. The number of carboxylic acids is 1. The van der Waals surface area contributed by atoms with Gasteiger partial charge in [-0.2, -0.15) is 0 Å². The fourth-order valence-corrected chi connectivity index (χ4v) is 5.83. The molecule has 7 heteroatoms. The molecule has 0 bridgehead atoms. The molecule has 0 aliphatic heterocycles. The summed E-state index contributed by atoms with van der Waals surface area (Å²) in [5, 5.41) is 13.4. The number of carbonyl (C=O) groups excluding carboxylic acids is 1. The van der Waals surface area contributed by atoms with E-state index in [9.17, 15) is 9.59 Å². The fourth-order valence-electron chi connectivity index (χ4n) is 5.35. The molecule has 0 heterocycles. The van der Waals surface area contributed by atoms with Crippen molar-refractivity contribution in [3.63, 3.8) is 0 Å². The molecule has 2 aliphatic carbocycles. The molecule has 6 nitrogen and oxygen atoms in total. The Balaban J connectivity index is 1.97. The summed E-state index contributed by atoms with van der Waals surface area (Å²) in [4.78, 5) is 23.3. The van der Waals surface area contributed by atoms with Crippen LogP contribution in [0.2, 0.25) is 0 Å². The number of methoxy groups -OCH3 is 2. The van der Waals surface area contributed by atoms with E-state index in [-0.39, 0.29) is 37.0 Å². The predicted molar refractivity (Wildman–Crippen MR) is 126 cm³/mol. The van der Waals surface area contributed by atoms with Crippen molar-refractivity contribution < 1.29 is 24.2 Å². The van der Waals surface area contributed by atoms with Crippen molar-refractivity contribution in [3.8, 4) is 0 Å². The Morgan fingerprint density at radius 1 is 1.03 bits per heavy atom. The predicted octanol–water partition coefficient (Wildman–Crippen LogP) is 4.48. The van der Waals surface area contributed by atoms with E-state index in [1.54, 1.807) is 14.2 Å². The molecule has 2 aliphatic rings. The van der Waals surface area contributed by atoms with Gasteiger partial charge in [0.05, 0.1) is 12.2 Å². The van der Waals surface area contributed by atoms with Gasteiger partial charge in [-0.15, -0.1) is 8.86 Å². The van der Waals surface area contributed by atoms with E-state index in [1.807, 2.05) is 0 Å². The first-order valence-corrected chi connectivity index (χ1v) is 12.5. The van der Waals surface area contributed by atoms with Crippen LogP contribution in [0.4, 0.5) is 0 Å². The van der Waals surface area contributed by atoms with E-state index >= 15 is 0 Å². The summed E-state index contributed by atoms with van der Waals surface area (Å²) in [5.74, 6) is 0.818. The summed E-state index contributed by atoms with van der Waals surface area (Å²) in [7, 11) is 7.44. The van der Waals surface area contributed by atoms with Gasteiger partial charge in [0.2, 0.25) is 5.91 Å². The number of nitrogens with one attached hydrogen (secondary N) is 1. The van der Waals surface area contributed by atoms with Gasteiger partial charge in [0.1, 0.15) is 0 Å². The van der Waals surface area contributed by atoms with Crippen molar-refractivity contribution >= 4 is 26.0 Å². The van der Waals surface area contributed by atoms with Crippen LogP contribution in [0.15, 0.2) is 0 Å². The van der Waals surface area contributed by atoms with Gasteiger partial charge >= 0.3 is 5.97 Å². The summed E-state index contributed by atoms with van der Waals surface area (Å²) in [5.41, 5.74) is 0. The van der Waals surface area contributed by atoms with Crippen molar-refractivity contribution in [2.24, 2.45) is 17.8 Å². The van der Waals surface area contributed by atoms with Crippen LogP contribution in [0.5, 0.6) is 0 Å². The van der Waals surface area contributed by atoms with Gasteiger partial charge in [0.15, 0.2) is 0 Å². The molecule has 0 aromatic rings. The number of rotatable bonds is 12. The maximum Gasteiger partial charge on any atom is 0.303 e. The minimum Gasteiger partial charge on any atom is -0.481 e. The topological polar surface area (TPSA) is 84.9 Å². The quantitative estimate of drug-likeness (QED) is 0.424. The Labute approximate surface area is 190 Å². The van der Waals surface area contributed by atoms with Gasteiger partial charge in [0.25, 0.3) is 0 Å². The number of hydrogen-bond donors (Lipinski definition) is 2. The van der Waals surface area contributed by atoms with Crippen LogP contribution in [-0.2, 0) is 19.1 Å². The van der Waals surface area contributed by atoms with Gasteiger partial charge in [-0.3, -0.25) is 9.59 Å². The molecule has 4 unspecified atom stereocenters. The van der Waals surface area contributed by atoms with Gasteiger partial charge in [-0.25, -0.2) is 0 Å². The fraction of sp³-hybridized carbons (Fsp3) is 0.875. The van der Waals surface area contributed by atoms with E-state index in [0.717, 1.165) is 44.4 Å². The standard InChI is InChI=1S/C24H42NO5P/c1-4-16-8-10-17(11-9-16)19(25-23(26)6-5-7-24(27)28)15-22(31)18-12-13-20(29-2)21(14-18)30-3/h16-21,31H,4-15H2,1-3H3,(H,25,26)(H,27,28). The number of amides is 1. The van der Waals surface area contributed by atoms with Gasteiger partial charge < -0.3 is 19.9 Å². The first-order valence-electron chi connectivity index (χ1n) is 12.0. The Bertz CT molecular complexity index is 591. The van der Waals surface area contributed by atoms with Crippen molar-refractivity contribution in [2.45, 2.75) is 102 Å². The molecule has 0 aromatic carbocycles. The number of ether oxygens (including phenoxy) is 2. The molecule has 0 aromatic heterocycles. The van der Waals surface area contributed by atoms with Crippen LogP contribution in [0.3, 0.4) is 0 Å². The van der Waals surface area contributed by atoms with E-state index in [1.165, 1.54) is 24.6 Å². The second-order valence-electron chi connectivity index (χ2n) is 9.40. The zero-order valence-corrected chi connectivity index (χ0v) is 20.5. The summed E-state index contributed by atoms with van der Waals surface area (Å²) in [6.07, 6.45) is 10.7. The Morgan fingerprint density at radius 3 is 2.29 bits per heavy atom. The van der Waals surface area contributed by atoms with E-state index in [0.29, 0.717) is 18.3 Å². The van der Waals surface area contributed by atoms with Crippen molar-refractivity contribution in [1.29, 1.82) is 0 Å². The summed E-state index contributed by atoms with van der Waals surface area (Å²) in [6, 6.07) is 0.101. The molecule has 2 N–H and O–H groups in total.